The molecule has 1 saturated heterocycles. The second-order valence-corrected chi connectivity index (χ2v) is 6.25. The van der Waals surface area contributed by atoms with Crippen LogP contribution in [0.3, 0.4) is 0 Å². The number of rotatable bonds is 4. The molecule has 0 spiro atoms. The molecule has 142 valence electrons. The molecule has 1 aliphatic rings. The molecular weight excluding hydrogens is 359 g/mol. The van der Waals surface area contributed by atoms with Gasteiger partial charge in [0.15, 0.2) is 0 Å². The van der Waals surface area contributed by atoms with Gasteiger partial charge in [0.1, 0.15) is 11.4 Å². The zero-order valence-electron chi connectivity index (χ0n) is 14.6. The average Bonchev–Trinajstić information content (AvgIpc) is 2.63. The number of nitriles is 1. The molecule has 2 N–H and O–H groups in total. The normalized spacial score (nSPS) is 15.2. The summed E-state index contributed by atoms with van der Waals surface area (Å²) in [5, 5.41) is 14.8. The molecule has 1 fully saturated rings. The molecule has 2 aromatic rings. The van der Waals surface area contributed by atoms with Crippen LogP contribution in [0.5, 0.6) is 0 Å². The van der Waals surface area contributed by atoms with E-state index in [9.17, 15) is 13.2 Å². The Morgan fingerprint density at radius 1 is 1.26 bits per heavy atom. The Bertz CT molecular complexity index is 857. The third-order valence-corrected chi connectivity index (χ3v) is 4.27. The van der Waals surface area contributed by atoms with E-state index >= 15 is 0 Å². The summed E-state index contributed by atoms with van der Waals surface area (Å²) in [5.74, 6) is -0.246. The van der Waals surface area contributed by atoms with Crippen LogP contribution < -0.4 is 10.6 Å². The molecule has 0 amide bonds. The predicted octanol–water partition coefficient (Wildman–Crippen LogP) is 4.01. The highest BCUT2D eigenvalue weighted by molar-refractivity contribution is 5.63. The van der Waals surface area contributed by atoms with E-state index < -0.39 is 11.7 Å². The fourth-order valence-corrected chi connectivity index (χ4v) is 2.74. The summed E-state index contributed by atoms with van der Waals surface area (Å²) in [4.78, 5) is 7.84. The summed E-state index contributed by atoms with van der Waals surface area (Å²) in [5.41, 5.74) is 0.490. The molecule has 2 heterocycles. The summed E-state index contributed by atoms with van der Waals surface area (Å²) >= 11 is 0. The lowest BCUT2D eigenvalue weighted by Crippen LogP contribution is -2.29. The zero-order chi connectivity index (χ0) is 19.4. The predicted molar refractivity (Wildman–Crippen MR) is 93.7 cm³/mol. The largest absolute Gasteiger partial charge is 0.421 e. The number of hydrogen-bond acceptors (Lipinski definition) is 6. The monoisotopic (exact) mass is 377 g/mol. The van der Waals surface area contributed by atoms with Gasteiger partial charge in [0.2, 0.25) is 5.95 Å². The number of hydrogen-bond donors (Lipinski definition) is 2. The first kappa shape index (κ1) is 18.9. The molecular formula is C18H18F3N5O. The van der Waals surface area contributed by atoms with Gasteiger partial charge in [-0.05, 0) is 37.5 Å². The number of ether oxygens (including phenoxy) is 1. The number of anilines is 3. The molecule has 0 bridgehead atoms. The maximum absolute atomic E-state index is 13.3. The fourth-order valence-electron chi connectivity index (χ4n) is 2.74. The second-order valence-electron chi connectivity index (χ2n) is 6.25. The van der Waals surface area contributed by atoms with Crippen molar-refractivity contribution in [1.82, 2.24) is 9.97 Å². The number of nitrogens with zero attached hydrogens (tertiary/aromatic N) is 3. The van der Waals surface area contributed by atoms with Gasteiger partial charge in [0, 0.05) is 31.1 Å². The van der Waals surface area contributed by atoms with Crippen LogP contribution in [0.2, 0.25) is 0 Å². The minimum absolute atomic E-state index is 0.0490. The molecule has 1 aliphatic heterocycles. The first-order valence-corrected chi connectivity index (χ1v) is 8.43. The minimum Gasteiger partial charge on any atom is -0.381 e. The third-order valence-electron chi connectivity index (χ3n) is 4.27. The highest BCUT2D eigenvalue weighted by Gasteiger charge is 2.35. The quantitative estimate of drug-likeness (QED) is 0.838. The molecule has 0 atom stereocenters. The number of benzene rings is 1. The van der Waals surface area contributed by atoms with Crippen molar-refractivity contribution in [1.29, 1.82) is 5.26 Å². The van der Waals surface area contributed by atoms with Crippen molar-refractivity contribution in [3.63, 3.8) is 0 Å². The molecule has 3 rings (SSSR count). The molecule has 0 saturated carbocycles. The van der Waals surface area contributed by atoms with Crippen molar-refractivity contribution in [2.45, 2.75) is 32.0 Å². The number of halogens is 3. The van der Waals surface area contributed by atoms with E-state index in [1.54, 1.807) is 19.1 Å². The summed E-state index contributed by atoms with van der Waals surface area (Å²) in [6, 6.07) is 6.82. The smallest absolute Gasteiger partial charge is 0.381 e. The van der Waals surface area contributed by atoms with Crippen molar-refractivity contribution in [2.24, 2.45) is 0 Å². The molecule has 1 aromatic carbocycles. The van der Waals surface area contributed by atoms with Crippen molar-refractivity contribution < 1.29 is 17.9 Å². The number of nitrogens with one attached hydrogen (secondary N) is 2. The summed E-state index contributed by atoms with van der Waals surface area (Å²) in [6.45, 7) is 2.93. The van der Waals surface area contributed by atoms with E-state index in [1.807, 2.05) is 6.07 Å². The zero-order valence-corrected chi connectivity index (χ0v) is 14.6. The van der Waals surface area contributed by atoms with E-state index in [4.69, 9.17) is 10.00 Å². The lowest BCUT2D eigenvalue weighted by atomic mass is 10.1. The lowest BCUT2D eigenvalue weighted by Gasteiger charge is -2.23. The third kappa shape index (κ3) is 4.65. The SMILES string of the molecule is Cc1ccc(Nc2nc(NC3CCOCC3)ncc2C(F)(F)F)cc1C#N. The lowest BCUT2D eigenvalue weighted by molar-refractivity contribution is -0.137. The first-order chi connectivity index (χ1) is 12.9. The molecule has 9 heteroatoms. The van der Waals surface area contributed by atoms with Crippen LogP contribution in [0.1, 0.15) is 29.5 Å². The Morgan fingerprint density at radius 3 is 2.67 bits per heavy atom. The van der Waals surface area contributed by atoms with Crippen LogP contribution in [0.25, 0.3) is 0 Å². The van der Waals surface area contributed by atoms with Gasteiger partial charge in [-0.15, -0.1) is 0 Å². The fraction of sp³-hybridized carbons (Fsp3) is 0.389. The Hall–Kier alpha value is -2.86. The van der Waals surface area contributed by atoms with Crippen molar-refractivity contribution in [3.8, 4) is 6.07 Å². The number of aromatic nitrogens is 2. The Labute approximate surface area is 154 Å². The van der Waals surface area contributed by atoms with Crippen LogP contribution in [0.15, 0.2) is 24.4 Å². The molecule has 0 radical (unpaired) electrons. The maximum atomic E-state index is 13.3. The number of aryl methyl sites for hydroxylation is 1. The molecule has 1 aromatic heterocycles. The summed E-state index contributed by atoms with van der Waals surface area (Å²) < 4.78 is 45.3. The topological polar surface area (TPSA) is 82.9 Å². The van der Waals surface area contributed by atoms with Gasteiger partial charge in [-0.25, -0.2) is 4.98 Å². The molecule has 6 nitrogen and oxygen atoms in total. The van der Waals surface area contributed by atoms with Crippen molar-refractivity contribution in [2.75, 3.05) is 23.8 Å². The first-order valence-electron chi connectivity index (χ1n) is 8.43. The summed E-state index contributed by atoms with van der Waals surface area (Å²) in [6.07, 6.45) is -2.38. The minimum atomic E-state index is -4.61. The summed E-state index contributed by atoms with van der Waals surface area (Å²) in [7, 11) is 0. The average molecular weight is 377 g/mol. The van der Waals surface area contributed by atoms with Crippen molar-refractivity contribution >= 4 is 17.5 Å². The Kier molecular flexibility index (Phi) is 5.46. The standard InChI is InChI=1S/C18H18F3N5O/c1-11-2-3-14(8-12(11)9-22)24-16-15(18(19,20)21)10-23-17(26-16)25-13-4-6-27-7-5-13/h2-3,8,10,13H,4-7H2,1H3,(H2,23,24,25,26). The van der Waals surface area contributed by atoms with Gasteiger partial charge in [-0.2, -0.15) is 23.4 Å². The van der Waals surface area contributed by atoms with E-state index in [-0.39, 0.29) is 17.8 Å². The molecule has 27 heavy (non-hydrogen) atoms. The van der Waals surface area contributed by atoms with Gasteiger partial charge in [0.05, 0.1) is 11.6 Å². The second kappa shape index (κ2) is 7.80. The van der Waals surface area contributed by atoms with Gasteiger partial charge in [-0.3, -0.25) is 0 Å². The van der Waals surface area contributed by atoms with Gasteiger partial charge in [0.25, 0.3) is 0 Å². The van der Waals surface area contributed by atoms with Crippen molar-refractivity contribution in [3.05, 3.63) is 41.1 Å². The highest BCUT2D eigenvalue weighted by Crippen LogP contribution is 2.35. The molecule has 0 aliphatic carbocycles. The van der Waals surface area contributed by atoms with Crippen LogP contribution >= 0.6 is 0 Å². The maximum Gasteiger partial charge on any atom is 0.421 e. The van der Waals surface area contributed by atoms with E-state index in [0.29, 0.717) is 24.5 Å². The van der Waals surface area contributed by atoms with Gasteiger partial charge < -0.3 is 15.4 Å². The van der Waals surface area contributed by atoms with E-state index in [0.717, 1.165) is 24.6 Å². The van der Waals surface area contributed by atoms with Crippen LogP contribution in [0.4, 0.5) is 30.6 Å². The van der Waals surface area contributed by atoms with Gasteiger partial charge in [-0.1, -0.05) is 6.07 Å². The Morgan fingerprint density at radius 2 is 2.00 bits per heavy atom. The van der Waals surface area contributed by atoms with Crippen LogP contribution in [0, 0.1) is 18.3 Å². The number of alkyl halides is 3. The highest BCUT2D eigenvalue weighted by atomic mass is 19.4. The van der Waals surface area contributed by atoms with E-state index in [2.05, 4.69) is 20.6 Å². The van der Waals surface area contributed by atoms with Crippen LogP contribution in [-0.4, -0.2) is 29.2 Å². The van der Waals surface area contributed by atoms with Gasteiger partial charge >= 0.3 is 6.18 Å². The Balaban J connectivity index is 1.90. The molecule has 0 unspecified atom stereocenters. The van der Waals surface area contributed by atoms with E-state index in [1.165, 1.54) is 6.07 Å². The van der Waals surface area contributed by atoms with Crippen LogP contribution in [-0.2, 0) is 10.9 Å².